The van der Waals surface area contributed by atoms with E-state index in [9.17, 15) is 4.79 Å². The fraction of sp³-hybridized carbons (Fsp3) is 0.0588. The lowest BCUT2D eigenvalue weighted by atomic mass is 9.99. The van der Waals surface area contributed by atoms with Crippen LogP contribution < -0.4 is 0 Å². The van der Waals surface area contributed by atoms with Gasteiger partial charge in [0, 0.05) is 11.1 Å². The van der Waals surface area contributed by atoms with Crippen LogP contribution in [0.5, 0.6) is 0 Å². The largest absolute Gasteiger partial charge is 0.295 e. The summed E-state index contributed by atoms with van der Waals surface area (Å²) in [5, 5.41) is 19.3. The van der Waals surface area contributed by atoms with Gasteiger partial charge in [-0.15, -0.1) is 5.10 Å². The Labute approximate surface area is 127 Å². The monoisotopic (exact) mass is 288 g/mol. The lowest BCUT2D eigenvalue weighted by Crippen LogP contribution is -1.92. The van der Waals surface area contributed by atoms with Crippen molar-refractivity contribution in [2.45, 2.75) is 6.92 Å². The lowest BCUT2D eigenvalue weighted by molar-refractivity contribution is 0.101. The maximum absolute atomic E-state index is 11.5. The van der Waals surface area contributed by atoms with Gasteiger partial charge in [0.2, 0.25) is 0 Å². The van der Waals surface area contributed by atoms with Crippen molar-refractivity contribution < 1.29 is 4.79 Å². The van der Waals surface area contributed by atoms with Gasteiger partial charge in [-0.2, -0.15) is 15.6 Å². The van der Waals surface area contributed by atoms with Crippen molar-refractivity contribution in [2.75, 3.05) is 0 Å². The molecule has 0 saturated carbocycles. The van der Waals surface area contributed by atoms with E-state index in [2.05, 4.69) is 15.4 Å². The topological polar surface area (TPSA) is 82.4 Å². The molecule has 22 heavy (non-hydrogen) atoms. The Morgan fingerprint density at radius 3 is 2.45 bits per heavy atom. The van der Waals surface area contributed by atoms with E-state index in [-0.39, 0.29) is 11.5 Å². The number of H-pyrrole nitrogens is 1. The highest BCUT2D eigenvalue weighted by Crippen LogP contribution is 2.27. The molecule has 0 saturated heterocycles. The van der Waals surface area contributed by atoms with Crippen LogP contribution in [0.4, 0.5) is 0 Å². The number of hydrogen-bond donors (Lipinski definition) is 1. The highest BCUT2D eigenvalue weighted by molar-refractivity contribution is 5.95. The fourth-order valence-corrected chi connectivity index (χ4v) is 2.27. The molecule has 2 aromatic carbocycles. The Hall–Kier alpha value is -3.26. The highest BCUT2D eigenvalue weighted by atomic mass is 16.1. The van der Waals surface area contributed by atoms with Crippen molar-refractivity contribution in [3.63, 3.8) is 0 Å². The van der Waals surface area contributed by atoms with Crippen molar-refractivity contribution in [1.29, 1.82) is 5.26 Å². The number of nitrogens with one attached hydrogen (secondary N) is 1. The molecule has 0 unspecified atom stereocenters. The number of hydrogen-bond acceptors (Lipinski definition) is 4. The van der Waals surface area contributed by atoms with Crippen LogP contribution in [0.3, 0.4) is 0 Å². The summed E-state index contributed by atoms with van der Waals surface area (Å²) in [5.74, 6) is 0.0290. The molecular weight excluding hydrogens is 276 g/mol. The van der Waals surface area contributed by atoms with E-state index in [0.717, 1.165) is 16.7 Å². The number of nitriles is 1. The maximum Gasteiger partial charge on any atom is 0.190 e. The Balaban J connectivity index is 2.07. The molecule has 5 nitrogen and oxygen atoms in total. The lowest BCUT2D eigenvalue weighted by Gasteiger charge is -2.05. The Morgan fingerprint density at radius 1 is 1.05 bits per heavy atom. The average molecular weight is 288 g/mol. The van der Waals surface area contributed by atoms with E-state index >= 15 is 0 Å². The zero-order chi connectivity index (χ0) is 15.5. The molecule has 1 aromatic heterocycles. The number of carbonyl (C=O) groups excluding carboxylic acids is 1. The predicted molar refractivity (Wildman–Crippen MR) is 82.0 cm³/mol. The minimum Gasteiger partial charge on any atom is -0.295 e. The minimum atomic E-state index is 0.0290. The summed E-state index contributed by atoms with van der Waals surface area (Å²) in [4.78, 5) is 11.5. The predicted octanol–water partition coefficient (Wildman–Crippen LogP) is 3.21. The van der Waals surface area contributed by atoms with Gasteiger partial charge in [0.25, 0.3) is 0 Å². The molecule has 5 heteroatoms. The molecule has 0 bridgehead atoms. The van der Waals surface area contributed by atoms with Gasteiger partial charge >= 0.3 is 0 Å². The number of benzene rings is 2. The van der Waals surface area contributed by atoms with Crippen molar-refractivity contribution in [3.8, 4) is 28.5 Å². The Bertz CT molecular complexity index is 889. The van der Waals surface area contributed by atoms with Gasteiger partial charge in [-0.25, -0.2) is 0 Å². The minimum absolute atomic E-state index is 0.0290. The van der Waals surface area contributed by atoms with Crippen molar-refractivity contribution in [2.24, 2.45) is 0 Å². The zero-order valence-electron chi connectivity index (χ0n) is 11.9. The smallest absolute Gasteiger partial charge is 0.190 e. The maximum atomic E-state index is 11.5. The summed E-state index contributed by atoms with van der Waals surface area (Å²) in [6.45, 7) is 1.55. The molecule has 1 heterocycles. The third kappa shape index (κ3) is 2.50. The fourth-order valence-electron chi connectivity index (χ4n) is 2.27. The number of aromatic amines is 1. The average Bonchev–Trinajstić information content (AvgIpc) is 3.04. The summed E-state index contributed by atoms with van der Waals surface area (Å²) in [6.07, 6.45) is 0. The molecule has 0 aliphatic rings. The molecule has 0 amide bonds. The first kappa shape index (κ1) is 13.7. The van der Waals surface area contributed by atoms with Gasteiger partial charge in [-0.3, -0.25) is 4.79 Å². The number of ketones is 1. The summed E-state index contributed by atoms with van der Waals surface area (Å²) in [5.41, 5.74) is 4.14. The molecule has 0 atom stereocenters. The van der Waals surface area contributed by atoms with E-state index in [4.69, 9.17) is 5.26 Å². The standard InChI is InChI=1S/C17H12N4O/c1-11(22)12-4-2-5-13(8-12)14-6-3-7-15(9-14)17-16(10-18)19-21-20-17/h2-9H,1H3,(H,19,20,21). The van der Waals surface area contributed by atoms with Crippen LogP contribution in [0.1, 0.15) is 23.0 Å². The zero-order valence-corrected chi connectivity index (χ0v) is 11.9. The first-order valence-corrected chi connectivity index (χ1v) is 6.71. The SMILES string of the molecule is CC(=O)c1cccc(-c2cccc(-c3n[nH]nc3C#N)c2)c1. The molecular formula is C17H12N4O. The van der Waals surface area contributed by atoms with E-state index < -0.39 is 0 Å². The summed E-state index contributed by atoms with van der Waals surface area (Å²) < 4.78 is 0. The van der Waals surface area contributed by atoms with Gasteiger partial charge in [0.1, 0.15) is 11.8 Å². The van der Waals surface area contributed by atoms with Gasteiger partial charge < -0.3 is 0 Å². The number of nitrogens with zero attached hydrogens (tertiary/aromatic N) is 3. The van der Waals surface area contributed by atoms with Gasteiger partial charge in [0.15, 0.2) is 11.5 Å². The second-order valence-electron chi connectivity index (χ2n) is 4.85. The first-order chi connectivity index (χ1) is 10.7. The summed E-state index contributed by atoms with van der Waals surface area (Å²) >= 11 is 0. The van der Waals surface area contributed by atoms with E-state index in [0.29, 0.717) is 11.3 Å². The number of Topliss-reactive ketones (excluding diaryl/α,β-unsaturated/α-hetero) is 1. The summed E-state index contributed by atoms with van der Waals surface area (Å²) in [7, 11) is 0. The number of carbonyl (C=O) groups is 1. The van der Waals surface area contributed by atoms with Crippen molar-refractivity contribution in [1.82, 2.24) is 15.4 Å². The van der Waals surface area contributed by atoms with Crippen LogP contribution in [0.25, 0.3) is 22.4 Å². The Kier molecular flexibility index (Phi) is 3.50. The van der Waals surface area contributed by atoms with Crippen LogP contribution in [0.2, 0.25) is 0 Å². The second-order valence-corrected chi connectivity index (χ2v) is 4.85. The van der Waals surface area contributed by atoms with Crippen LogP contribution in [0, 0.1) is 11.3 Å². The quantitative estimate of drug-likeness (QED) is 0.750. The first-order valence-electron chi connectivity index (χ1n) is 6.71. The van der Waals surface area contributed by atoms with Gasteiger partial charge in [-0.1, -0.05) is 36.4 Å². The van der Waals surface area contributed by atoms with Crippen LogP contribution in [0.15, 0.2) is 48.5 Å². The molecule has 0 fully saturated rings. The van der Waals surface area contributed by atoms with Crippen molar-refractivity contribution >= 4 is 5.78 Å². The number of aromatic nitrogens is 3. The van der Waals surface area contributed by atoms with E-state index in [1.54, 1.807) is 13.0 Å². The highest BCUT2D eigenvalue weighted by Gasteiger charge is 2.11. The molecule has 106 valence electrons. The molecule has 3 rings (SSSR count). The van der Waals surface area contributed by atoms with Crippen LogP contribution >= 0.6 is 0 Å². The summed E-state index contributed by atoms with van der Waals surface area (Å²) in [6, 6.07) is 17.1. The van der Waals surface area contributed by atoms with Crippen molar-refractivity contribution in [3.05, 3.63) is 59.8 Å². The van der Waals surface area contributed by atoms with E-state index in [1.807, 2.05) is 48.5 Å². The second kappa shape index (κ2) is 5.62. The molecule has 0 radical (unpaired) electrons. The normalized spacial score (nSPS) is 10.2. The van der Waals surface area contributed by atoms with Gasteiger partial charge in [-0.05, 0) is 30.2 Å². The Morgan fingerprint density at radius 2 is 1.73 bits per heavy atom. The third-order valence-corrected chi connectivity index (χ3v) is 3.39. The molecule has 0 spiro atoms. The molecule has 0 aliphatic heterocycles. The molecule has 3 aromatic rings. The van der Waals surface area contributed by atoms with Crippen LogP contribution in [-0.2, 0) is 0 Å². The van der Waals surface area contributed by atoms with Gasteiger partial charge in [0.05, 0.1) is 0 Å². The number of rotatable bonds is 3. The third-order valence-electron chi connectivity index (χ3n) is 3.39. The molecule has 1 N–H and O–H groups in total. The van der Waals surface area contributed by atoms with Crippen LogP contribution in [-0.4, -0.2) is 21.2 Å². The van der Waals surface area contributed by atoms with E-state index in [1.165, 1.54) is 0 Å². The molecule has 0 aliphatic carbocycles.